The number of anilines is 1. The average Bonchev–Trinajstić information content (AvgIpc) is 2.51. The number of likely N-dealkylation sites (tertiary alicyclic amines) is 1. The van der Waals surface area contributed by atoms with Crippen LogP contribution in [0, 0.1) is 5.82 Å². The first-order valence-corrected chi connectivity index (χ1v) is 7.92. The minimum atomic E-state index is -0.850. The molecule has 0 bridgehead atoms. The van der Waals surface area contributed by atoms with Crippen LogP contribution in [0.15, 0.2) is 18.2 Å². The van der Waals surface area contributed by atoms with Crippen LogP contribution in [-0.2, 0) is 4.79 Å². The topological polar surface area (TPSA) is 90.9 Å². The second-order valence-corrected chi connectivity index (χ2v) is 5.62. The van der Waals surface area contributed by atoms with Crippen LogP contribution < -0.4 is 15.4 Å². The van der Waals surface area contributed by atoms with Gasteiger partial charge in [0.05, 0.1) is 13.2 Å². The number of rotatable bonds is 6. The highest BCUT2D eigenvalue weighted by Crippen LogP contribution is 2.21. The van der Waals surface area contributed by atoms with E-state index in [0.29, 0.717) is 38.2 Å². The summed E-state index contributed by atoms with van der Waals surface area (Å²) < 4.78 is 18.8. The van der Waals surface area contributed by atoms with E-state index in [2.05, 4.69) is 10.6 Å². The van der Waals surface area contributed by atoms with E-state index in [1.165, 1.54) is 12.1 Å². The van der Waals surface area contributed by atoms with Crippen molar-refractivity contribution in [3.63, 3.8) is 0 Å². The summed E-state index contributed by atoms with van der Waals surface area (Å²) in [5.41, 5.74) is 0.344. The molecule has 24 heavy (non-hydrogen) atoms. The highest BCUT2D eigenvalue weighted by molar-refractivity contribution is 5.89. The molecule has 1 aliphatic heterocycles. The van der Waals surface area contributed by atoms with Gasteiger partial charge in [-0.05, 0) is 31.9 Å². The van der Waals surface area contributed by atoms with Crippen LogP contribution in [0.1, 0.15) is 19.8 Å². The number of halogens is 1. The van der Waals surface area contributed by atoms with Gasteiger partial charge in [0.15, 0.2) is 11.6 Å². The van der Waals surface area contributed by atoms with Crippen LogP contribution in [-0.4, -0.2) is 54.3 Å². The minimum absolute atomic E-state index is 0.0182. The van der Waals surface area contributed by atoms with E-state index in [-0.39, 0.29) is 18.3 Å². The third kappa shape index (κ3) is 5.38. The molecular weight excluding hydrogens is 317 g/mol. The molecule has 2 amide bonds. The van der Waals surface area contributed by atoms with Crippen molar-refractivity contribution >= 4 is 17.7 Å². The Kier molecular flexibility index (Phi) is 6.36. The van der Waals surface area contributed by atoms with Crippen molar-refractivity contribution in [2.45, 2.75) is 25.8 Å². The van der Waals surface area contributed by atoms with E-state index in [0.717, 1.165) is 0 Å². The van der Waals surface area contributed by atoms with Gasteiger partial charge < -0.3 is 20.5 Å². The van der Waals surface area contributed by atoms with Gasteiger partial charge in [0.1, 0.15) is 0 Å². The molecule has 1 aliphatic rings. The van der Waals surface area contributed by atoms with Crippen molar-refractivity contribution in [1.82, 2.24) is 10.2 Å². The van der Waals surface area contributed by atoms with Crippen molar-refractivity contribution < 1.29 is 23.8 Å². The fourth-order valence-electron chi connectivity index (χ4n) is 2.63. The lowest BCUT2D eigenvalue weighted by Crippen LogP contribution is -2.47. The summed E-state index contributed by atoms with van der Waals surface area (Å²) >= 11 is 0. The maximum absolute atomic E-state index is 13.7. The molecule has 0 radical (unpaired) electrons. The molecule has 0 atom stereocenters. The Bertz CT molecular complexity index is 589. The standard InChI is InChI=1S/C16H22FN3O4/c1-2-24-14-4-3-12(9-13(14)17)19-16(23)18-11-5-7-20(8-6-11)10-15(21)22/h3-4,9,11H,2,5-8,10H2,1H3,(H,21,22)(H2,18,19,23). The molecule has 2 rings (SSSR count). The Balaban J connectivity index is 1.79. The van der Waals surface area contributed by atoms with Crippen LogP contribution in [0.2, 0.25) is 0 Å². The molecule has 1 saturated heterocycles. The van der Waals surface area contributed by atoms with Crippen LogP contribution in [0.5, 0.6) is 5.75 Å². The number of benzene rings is 1. The first-order valence-electron chi connectivity index (χ1n) is 7.92. The molecule has 0 aliphatic carbocycles. The number of aliphatic carboxylic acids is 1. The number of hydrogen-bond donors (Lipinski definition) is 3. The van der Waals surface area contributed by atoms with Gasteiger partial charge in [-0.25, -0.2) is 9.18 Å². The van der Waals surface area contributed by atoms with Crippen LogP contribution in [0.4, 0.5) is 14.9 Å². The lowest BCUT2D eigenvalue weighted by molar-refractivity contribution is -0.138. The molecule has 0 aromatic heterocycles. The summed E-state index contributed by atoms with van der Waals surface area (Å²) in [4.78, 5) is 24.5. The summed E-state index contributed by atoms with van der Waals surface area (Å²) in [5, 5.41) is 14.2. The highest BCUT2D eigenvalue weighted by Gasteiger charge is 2.22. The Labute approximate surface area is 139 Å². The summed E-state index contributed by atoms with van der Waals surface area (Å²) in [5.74, 6) is -1.23. The summed E-state index contributed by atoms with van der Waals surface area (Å²) in [6, 6.07) is 3.82. The molecule has 8 heteroatoms. The number of carbonyl (C=O) groups excluding carboxylic acids is 1. The van der Waals surface area contributed by atoms with E-state index in [4.69, 9.17) is 9.84 Å². The van der Waals surface area contributed by atoms with Crippen molar-refractivity contribution in [2.24, 2.45) is 0 Å². The lowest BCUT2D eigenvalue weighted by atomic mass is 10.1. The van der Waals surface area contributed by atoms with Gasteiger partial charge in [0.2, 0.25) is 0 Å². The fourth-order valence-corrected chi connectivity index (χ4v) is 2.63. The second kappa shape index (κ2) is 8.49. The Morgan fingerprint density at radius 3 is 2.67 bits per heavy atom. The van der Waals surface area contributed by atoms with Gasteiger partial charge in [0.25, 0.3) is 0 Å². The Morgan fingerprint density at radius 1 is 1.38 bits per heavy atom. The van der Waals surface area contributed by atoms with Gasteiger partial charge in [-0.2, -0.15) is 0 Å². The third-order valence-electron chi connectivity index (χ3n) is 3.77. The monoisotopic (exact) mass is 339 g/mol. The average molecular weight is 339 g/mol. The van der Waals surface area contributed by atoms with E-state index < -0.39 is 17.8 Å². The number of urea groups is 1. The molecule has 0 unspecified atom stereocenters. The van der Waals surface area contributed by atoms with Gasteiger partial charge in [0, 0.05) is 30.9 Å². The van der Waals surface area contributed by atoms with E-state index in [1.54, 1.807) is 13.0 Å². The predicted octanol–water partition coefficient (Wildman–Crippen LogP) is 1.89. The second-order valence-electron chi connectivity index (χ2n) is 5.62. The van der Waals surface area contributed by atoms with Crippen LogP contribution in [0.3, 0.4) is 0 Å². The van der Waals surface area contributed by atoms with Gasteiger partial charge in [-0.1, -0.05) is 0 Å². The highest BCUT2D eigenvalue weighted by atomic mass is 19.1. The lowest BCUT2D eigenvalue weighted by Gasteiger charge is -2.31. The summed E-state index contributed by atoms with van der Waals surface area (Å²) in [7, 11) is 0. The number of ether oxygens (including phenoxy) is 1. The molecule has 7 nitrogen and oxygen atoms in total. The number of piperidine rings is 1. The Morgan fingerprint density at radius 2 is 2.08 bits per heavy atom. The van der Waals surface area contributed by atoms with Crippen LogP contribution >= 0.6 is 0 Å². The molecule has 1 aromatic rings. The number of amides is 2. The van der Waals surface area contributed by atoms with Crippen molar-refractivity contribution in [3.05, 3.63) is 24.0 Å². The summed E-state index contributed by atoms with van der Waals surface area (Å²) in [6.07, 6.45) is 1.36. The quantitative estimate of drug-likeness (QED) is 0.736. The van der Waals surface area contributed by atoms with E-state index in [1.807, 2.05) is 4.90 Å². The molecule has 3 N–H and O–H groups in total. The van der Waals surface area contributed by atoms with Gasteiger partial charge >= 0.3 is 12.0 Å². The van der Waals surface area contributed by atoms with Crippen molar-refractivity contribution in [2.75, 3.05) is 31.6 Å². The predicted molar refractivity (Wildman–Crippen MR) is 86.8 cm³/mol. The number of carbonyl (C=O) groups is 2. The minimum Gasteiger partial charge on any atom is -0.491 e. The maximum Gasteiger partial charge on any atom is 0.319 e. The molecule has 1 aromatic carbocycles. The van der Waals surface area contributed by atoms with Crippen molar-refractivity contribution in [1.29, 1.82) is 0 Å². The molecule has 0 spiro atoms. The maximum atomic E-state index is 13.7. The van der Waals surface area contributed by atoms with E-state index >= 15 is 0 Å². The Hall–Kier alpha value is -2.35. The normalized spacial score (nSPS) is 15.8. The molecule has 132 valence electrons. The summed E-state index contributed by atoms with van der Waals surface area (Å²) in [6.45, 7) is 3.39. The smallest absolute Gasteiger partial charge is 0.319 e. The van der Waals surface area contributed by atoms with Crippen LogP contribution in [0.25, 0.3) is 0 Å². The zero-order valence-electron chi connectivity index (χ0n) is 13.5. The zero-order valence-corrected chi connectivity index (χ0v) is 13.5. The number of hydrogen-bond acceptors (Lipinski definition) is 4. The van der Waals surface area contributed by atoms with Gasteiger partial charge in [-0.3, -0.25) is 9.69 Å². The van der Waals surface area contributed by atoms with E-state index in [9.17, 15) is 14.0 Å². The number of carboxylic acids is 1. The number of nitrogens with zero attached hydrogens (tertiary/aromatic N) is 1. The molecular formula is C16H22FN3O4. The third-order valence-corrected chi connectivity index (χ3v) is 3.77. The molecule has 0 saturated carbocycles. The molecule has 1 fully saturated rings. The van der Waals surface area contributed by atoms with Crippen molar-refractivity contribution in [3.8, 4) is 5.75 Å². The number of nitrogens with one attached hydrogen (secondary N) is 2. The number of carboxylic acid groups (broad SMARTS) is 1. The van der Waals surface area contributed by atoms with Gasteiger partial charge in [-0.15, -0.1) is 0 Å². The first kappa shape index (κ1) is 18.0. The largest absolute Gasteiger partial charge is 0.491 e. The molecule has 1 heterocycles. The fraction of sp³-hybridized carbons (Fsp3) is 0.500. The zero-order chi connectivity index (χ0) is 17.5. The SMILES string of the molecule is CCOc1ccc(NC(=O)NC2CCN(CC(=O)O)CC2)cc1F. The first-order chi connectivity index (χ1) is 11.5.